The SMILES string of the molecule is CC(CCC(F)(F)C(F)(F)C(F)(F)C(F)(F)C(F)(F)C(F)(F)F)(CCC(F)(F)C(F)(F)C(F)(F)C(F)(F)C(F)(F)C(F)(F)F)OC(=O)O/N=C(\C#N)c1ccccc1. The number of halogens is 26. The molecule has 0 aliphatic carbocycles. The highest BCUT2D eigenvalue weighted by Gasteiger charge is 2.92. The molecule has 0 aliphatic rings. The van der Waals surface area contributed by atoms with Gasteiger partial charge in [-0.1, -0.05) is 35.5 Å². The van der Waals surface area contributed by atoms with Gasteiger partial charge in [-0.3, -0.25) is 4.84 Å². The highest BCUT2D eigenvalue weighted by Crippen LogP contribution is 2.63. The minimum Gasteiger partial charge on any atom is -0.426 e. The van der Waals surface area contributed by atoms with Crippen LogP contribution in [-0.2, 0) is 9.57 Å². The summed E-state index contributed by atoms with van der Waals surface area (Å²) in [4.78, 5) is 16.1. The van der Waals surface area contributed by atoms with E-state index in [1.807, 2.05) is 0 Å². The molecule has 31 heteroatoms. The van der Waals surface area contributed by atoms with Crippen LogP contribution in [0, 0.1) is 11.3 Å². The third-order valence-corrected chi connectivity index (χ3v) is 7.63. The Hall–Kier alpha value is -4.17. The summed E-state index contributed by atoms with van der Waals surface area (Å²) in [6.07, 6.45) is -31.0. The first-order chi connectivity index (χ1) is 25.3. The average molecular weight is 910 g/mol. The molecule has 0 amide bonds. The number of carbonyl (C=O) groups excluding carboxylic acids is 1. The van der Waals surface area contributed by atoms with Crippen molar-refractivity contribution in [3.8, 4) is 6.07 Å². The summed E-state index contributed by atoms with van der Waals surface area (Å²) in [6.45, 7) is -0.294. The number of benzene rings is 1. The van der Waals surface area contributed by atoms with Gasteiger partial charge in [0, 0.05) is 18.4 Å². The largest absolute Gasteiger partial charge is 0.535 e. The van der Waals surface area contributed by atoms with Gasteiger partial charge in [0.25, 0.3) is 0 Å². The zero-order valence-electron chi connectivity index (χ0n) is 27.2. The number of nitrogens with zero attached hydrogens (tertiary/aromatic N) is 2. The molecule has 0 spiro atoms. The Morgan fingerprint density at radius 1 is 0.517 bits per heavy atom. The van der Waals surface area contributed by atoms with Crippen molar-refractivity contribution in [3.05, 3.63) is 35.9 Å². The molecule has 0 aliphatic heterocycles. The van der Waals surface area contributed by atoms with Crippen LogP contribution in [-0.4, -0.2) is 89.0 Å². The molecular weight excluding hydrogens is 894 g/mol. The predicted molar refractivity (Wildman–Crippen MR) is 135 cm³/mol. The van der Waals surface area contributed by atoms with Gasteiger partial charge < -0.3 is 4.74 Å². The molecule has 0 N–H and O–H groups in total. The summed E-state index contributed by atoms with van der Waals surface area (Å²) in [5, 5.41) is 11.8. The molecule has 0 aromatic heterocycles. The molecule has 5 nitrogen and oxygen atoms in total. The van der Waals surface area contributed by atoms with Gasteiger partial charge in [-0.25, -0.2) is 4.79 Å². The van der Waals surface area contributed by atoms with Gasteiger partial charge in [-0.15, -0.1) is 0 Å². The van der Waals surface area contributed by atoms with Crippen molar-refractivity contribution in [2.24, 2.45) is 5.16 Å². The fraction of sp³-hybridized carbons (Fsp3) is 0.667. The maximum Gasteiger partial charge on any atom is 0.535 e. The lowest BCUT2D eigenvalue weighted by molar-refractivity contribution is -0.440. The van der Waals surface area contributed by atoms with E-state index in [-0.39, 0.29) is 12.5 Å². The molecule has 0 fully saturated rings. The zero-order chi connectivity index (χ0) is 46.4. The number of ether oxygens (including phenoxy) is 1. The van der Waals surface area contributed by atoms with Crippen molar-refractivity contribution in [1.82, 2.24) is 0 Å². The number of hydrogen-bond acceptors (Lipinski definition) is 5. The Morgan fingerprint density at radius 2 is 0.828 bits per heavy atom. The number of hydrogen-bond donors (Lipinski definition) is 0. The molecule has 0 atom stereocenters. The second-order valence-electron chi connectivity index (χ2n) is 11.8. The van der Waals surface area contributed by atoms with Gasteiger partial charge >= 0.3 is 77.7 Å². The summed E-state index contributed by atoms with van der Waals surface area (Å²) in [5.74, 6) is -81.0. The zero-order valence-corrected chi connectivity index (χ0v) is 27.2. The van der Waals surface area contributed by atoms with Gasteiger partial charge in [0.1, 0.15) is 11.7 Å². The van der Waals surface area contributed by atoms with Crippen LogP contribution < -0.4 is 0 Å². The lowest BCUT2D eigenvalue weighted by atomic mass is 9.85. The molecular formula is C27H16F26N2O3. The van der Waals surface area contributed by atoms with Gasteiger partial charge in [-0.2, -0.15) is 119 Å². The van der Waals surface area contributed by atoms with Crippen LogP contribution >= 0.6 is 0 Å². The molecule has 0 bridgehead atoms. The van der Waals surface area contributed by atoms with Crippen molar-refractivity contribution >= 4 is 11.9 Å². The molecule has 0 saturated heterocycles. The van der Waals surface area contributed by atoms with Crippen molar-refractivity contribution in [2.45, 2.75) is 110 Å². The first-order valence-corrected chi connectivity index (χ1v) is 14.2. The van der Waals surface area contributed by atoms with Crippen LogP contribution in [0.3, 0.4) is 0 Å². The minimum atomic E-state index is -8.49. The second kappa shape index (κ2) is 15.5. The predicted octanol–water partition coefficient (Wildman–Crippen LogP) is 11.9. The summed E-state index contributed by atoms with van der Waals surface area (Å²) in [7, 11) is 0. The van der Waals surface area contributed by atoms with Gasteiger partial charge in [0.05, 0.1) is 0 Å². The molecule has 1 aromatic carbocycles. The normalized spacial score (nSPS) is 15.6. The van der Waals surface area contributed by atoms with Gasteiger partial charge in [0.2, 0.25) is 0 Å². The summed E-state index contributed by atoms with van der Waals surface area (Å²) < 4.78 is 356. The Bertz CT molecular complexity index is 1600. The quantitative estimate of drug-likeness (QED) is 0.0513. The highest BCUT2D eigenvalue weighted by molar-refractivity contribution is 6.11. The maximum atomic E-state index is 14.5. The van der Waals surface area contributed by atoms with E-state index >= 15 is 0 Å². The van der Waals surface area contributed by atoms with Gasteiger partial charge in [-0.05, 0) is 19.8 Å². The van der Waals surface area contributed by atoms with Crippen LogP contribution in [0.15, 0.2) is 35.5 Å². The van der Waals surface area contributed by atoms with E-state index < -0.39 is 115 Å². The minimum absolute atomic E-state index is 0.294. The van der Waals surface area contributed by atoms with E-state index in [1.54, 1.807) is 0 Å². The summed E-state index contributed by atoms with van der Waals surface area (Å²) in [6, 6.07) is 6.83. The van der Waals surface area contributed by atoms with Crippen LogP contribution in [0.4, 0.5) is 119 Å². The molecule has 0 radical (unpaired) electrons. The Balaban J connectivity index is 3.75. The van der Waals surface area contributed by atoms with Crippen LogP contribution in [0.5, 0.6) is 0 Å². The summed E-state index contributed by atoms with van der Waals surface area (Å²) in [5.41, 5.74) is -5.31. The molecule has 0 saturated carbocycles. The topological polar surface area (TPSA) is 71.7 Å². The van der Waals surface area contributed by atoms with E-state index in [0.717, 1.165) is 24.3 Å². The van der Waals surface area contributed by atoms with Crippen molar-refractivity contribution in [1.29, 1.82) is 5.26 Å². The number of oxime groups is 1. The van der Waals surface area contributed by atoms with Crippen LogP contribution in [0.1, 0.15) is 38.2 Å². The van der Waals surface area contributed by atoms with E-state index in [2.05, 4.69) is 14.7 Å². The number of carbonyl (C=O) groups is 1. The van der Waals surface area contributed by atoms with E-state index in [9.17, 15) is 119 Å². The molecule has 1 rings (SSSR count). The third kappa shape index (κ3) is 8.73. The fourth-order valence-corrected chi connectivity index (χ4v) is 4.02. The maximum absolute atomic E-state index is 14.5. The molecule has 334 valence electrons. The molecule has 1 aromatic rings. The second-order valence-corrected chi connectivity index (χ2v) is 11.8. The smallest absolute Gasteiger partial charge is 0.426 e. The number of alkyl halides is 26. The lowest BCUT2D eigenvalue weighted by Gasteiger charge is -2.41. The van der Waals surface area contributed by atoms with E-state index in [0.29, 0.717) is 0 Å². The first-order valence-electron chi connectivity index (χ1n) is 14.2. The van der Waals surface area contributed by atoms with Crippen LogP contribution in [0.25, 0.3) is 0 Å². The standard InChI is InChI=1S/C27H16F26N2O3/c1-15(57-14(56)58-55-13(11-54)12-5-3-2-4-6-12,7-9-16(28,29)18(32,33)20(36,37)22(40,41)24(44,45)26(48,49)50)8-10-17(30,31)19(34,35)21(38,39)23(42,43)25(46,47)27(51,52)53/h2-6H,7-10H2,1H3/b55-13+. The van der Waals surface area contributed by atoms with Crippen molar-refractivity contribution < 1.29 is 129 Å². The highest BCUT2D eigenvalue weighted by atomic mass is 19.4. The number of nitriles is 1. The lowest BCUT2D eigenvalue weighted by Crippen LogP contribution is -2.70. The average Bonchev–Trinajstić information content (AvgIpc) is 3.05. The van der Waals surface area contributed by atoms with E-state index in [4.69, 9.17) is 5.26 Å². The van der Waals surface area contributed by atoms with E-state index in [1.165, 1.54) is 12.1 Å². The molecule has 0 unspecified atom stereocenters. The van der Waals surface area contributed by atoms with Crippen molar-refractivity contribution in [3.63, 3.8) is 0 Å². The fourth-order valence-electron chi connectivity index (χ4n) is 4.02. The Labute approximate surface area is 303 Å². The van der Waals surface area contributed by atoms with Crippen molar-refractivity contribution in [2.75, 3.05) is 0 Å². The summed E-state index contributed by atoms with van der Waals surface area (Å²) >= 11 is 0. The molecule has 0 heterocycles. The Kier molecular flexibility index (Phi) is 13.8. The van der Waals surface area contributed by atoms with Gasteiger partial charge in [0.15, 0.2) is 5.71 Å². The molecule has 58 heavy (non-hydrogen) atoms. The number of rotatable bonds is 17. The first kappa shape index (κ1) is 51.8. The monoisotopic (exact) mass is 910 g/mol. The third-order valence-electron chi connectivity index (χ3n) is 7.63. The Morgan fingerprint density at radius 3 is 1.12 bits per heavy atom. The van der Waals surface area contributed by atoms with Crippen LogP contribution in [0.2, 0.25) is 0 Å².